The predicted molar refractivity (Wildman–Crippen MR) is 146 cm³/mol. The van der Waals surface area contributed by atoms with Gasteiger partial charge in [-0.05, 0) is 55.5 Å². The first-order valence-corrected chi connectivity index (χ1v) is 14.1. The number of anilines is 2. The van der Waals surface area contributed by atoms with E-state index in [0.29, 0.717) is 25.0 Å². The van der Waals surface area contributed by atoms with Gasteiger partial charge in [0.1, 0.15) is 12.1 Å². The van der Waals surface area contributed by atoms with Gasteiger partial charge in [0.15, 0.2) is 5.66 Å². The zero-order valence-corrected chi connectivity index (χ0v) is 22.9. The largest absolute Gasteiger partial charge is 0.465 e. The van der Waals surface area contributed by atoms with Crippen LogP contribution in [0.15, 0.2) is 52.3 Å². The van der Waals surface area contributed by atoms with E-state index in [0.717, 1.165) is 27.6 Å². The summed E-state index contributed by atoms with van der Waals surface area (Å²) in [4.78, 5) is 42.7. The Hall–Kier alpha value is -3.28. The van der Waals surface area contributed by atoms with Crippen molar-refractivity contribution in [3.05, 3.63) is 48.0 Å². The van der Waals surface area contributed by atoms with Crippen LogP contribution in [0, 0.1) is 5.92 Å². The van der Waals surface area contributed by atoms with Gasteiger partial charge in [-0.3, -0.25) is 14.5 Å². The van der Waals surface area contributed by atoms with Crippen LogP contribution in [0.1, 0.15) is 43.5 Å². The normalized spacial score (nSPS) is 22.8. The fourth-order valence-corrected chi connectivity index (χ4v) is 6.33. The first-order valence-electron chi connectivity index (χ1n) is 13.3. The van der Waals surface area contributed by atoms with Crippen molar-refractivity contribution in [1.82, 2.24) is 15.5 Å². The molecule has 4 N–H and O–H groups in total. The third kappa shape index (κ3) is 5.70. The van der Waals surface area contributed by atoms with Crippen LogP contribution < -0.4 is 16.0 Å². The zero-order chi connectivity index (χ0) is 27.6. The number of carbonyl (C=O) groups is 3. The molecule has 0 bridgehead atoms. The number of nitrogens with one attached hydrogen (secondary N) is 3. The van der Waals surface area contributed by atoms with Crippen LogP contribution in [0.2, 0.25) is 0 Å². The molecule has 2 aromatic rings. The summed E-state index contributed by atoms with van der Waals surface area (Å²) < 4.78 is 11.5. The molecule has 3 atom stereocenters. The van der Waals surface area contributed by atoms with Gasteiger partial charge in [-0.2, -0.15) is 0 Å². The Labute approximate surface area is 231 Å². The number of ether oxygens (including phenoxy) is 2. The van der Waals surface area contributed by atoms with Gasteiger partial charge in [0, 0.05) is 28.5 Å². The molecule has 39 heavy (non-hydrogen) atoms. The van der Waals surface area contributed by atoms with Crippen LogP contribution in [-0.2, 0) is 14.3 Å². The van der Waals surface area contributed by atoms with Gasteiger partial charge in [-0.1, -0.05) is 37.7 Å². The summed E-state index contributed by atoms with van der Waals surface area (Å²) in [6.45, 7) is 4.74. The molecule has 2 aromatic carbocycles. The van der Waals surface area contributed by atoms with Crippen LogP contribution in [0.25, 0.3) is 0 Å². The minimum Gasteiger partial charge on any atom is -0.465 e. The average Bonchev–Trinajstić information content (AvgIpc) is 3.47. The molecule has 3 aliphatic rings. The molecule has 0 spiro atoms. The monoisotopic (exact) mass is 554 g/mol. The second-order valence-corrected chi connectivity index (χ2v) is 11.6. The second kappa shape index (κ2) is 11.4. The fourth-order valence-electron chi connectivity index (χ4n) is 5.36. The van der Waals surface area contributed by atoms with Gasteiger partial charge in [0.05, 0.1) is 24.6 Å². The van der Waals surface area contributed by atoms with Gasteiger partial charge in [-0.25, -0.2) is 4.79 Å². The molecular weight excluding hydrogens is 520 g/mol. The predicted octanol–water partition coefficient (Wildman–Crippen LogP) is 4.04. The molecule has 1 unspecified atom stereocenters. The quantitative estimate of drug-likeness (QED) is 0.344. The van der Waals surface area contributed by atoms with Crippen molar-refractivity contribution in [2.75, 3.05) is 31.7 Å². The lowest BCUT2D eigenvalue weighted by Crippen LogP contribution is -2.74. The summed E-state index contributed by atoms with van der Waals surface area (Å²) in [5.41, 5.74) is 0.856. The molecule has 0 saturated carbocycles. The minimum absolute atomic E-state index is 0.0202. The van der Waals surface area contributed by atoms with Crippen molar-refractivity contribution >= 4 is 41.0 Å². The summed E-state index contributed by atoms with van der Waals surface area (Å²) in [5, 5.41) is 19.2. The Balaban J connectivity index is 1.36. The van der Waals surface area contributed by atoms with Gasteiger partial charge in [-0.15, -0.1) is 0 Å². The maximum absolute atomic E-state index is 13.7. The zero-order valence-electron chi connectivity index (χ0n) is 22.1. The number of amides is 3. The Morgan fingerprint density at radius 1 is 1.15 bits per heavy atom. The first-order chi connectivity index (χ1) is 18.8. The van der Waals surface area contributed by atoms with Gasteiger partial charge in [0.2, 0.25) is 5.91 Å². The third-order valence-electron chi connectivity index (χ3n) is 7.24. The van der Waals surface area contributed by atoms with E-state index in [-0.39, 0.29) is 31.6 Å². The van der Waals surface area contributed by atoms with E-state index < -0.39 is 29.8 Å². The van der Waals surface area contributed by atoms with E-state index >= 15 is 0 Å². The number of rotatable bonds is 7. The third-order valence-corrected chi connectivity index (χ3v) is 8.39. The molecule has 3 aliphatic heterocycles. The standard InChI is InChI=1S/C28H34N4O6S/c1-17(2)14-21(26(34)31-28(24-8-5-12-38-24)16-37-13-11-32(28)27(35)36)30-25(33)18-9-10-23-20(15-18)29-19-6-3-4-7-22(19)39-23/h3-4,6-7,9-10,15,17,21,24,29H,5,8,11-14,16H2,1-2H3,(H,30,33)(H,31,34)(H,35,36)/t21-,24?,28-/m0/s1. The van der Waals surface area contributed by atoms with E-state index in [1.807, 2.05) is 44.2 Å². The molecule has 3 heterocycles. The lowest BCUT2D eigenvalue weighted by atomic mass is 9.95. The number of hydrogen-bond donors (Lipinski definition) is 4. The number of para-hydroxylation sites is 1. The molecule has 0 aromatic heterocycles. The number of carboxylic acid groups (broad SMARTS) is 1. The van der Waals surface area contributed by atoms with Crippen molar-refractivity contribution in [3.8, 4) is 0 Å². The van der Waals surface area contributed by atoms with Crippen molar-refractivity contribution < 1.29 is 29.0 Å². The molecule has 208 valence electrons. The van der Waals surface area contributed by atoms with Gasteiger partial charge < -0.3 is 30.5 Å². The minimum atomic E-state index is -1.36. The Kier molecular flexibility index (Phi) is 8.01. The highest BCUT2D eigenvalue weighted by Crippen LogP contribution is 2.44. The first kappa shape index (κ1) is 27.3. The van der Waals surface area contributed by atoms with Crippen LogP contribution in [0.3, 0.4) is 0 Å². The number of carbonyl (C=O) groups excluding carboxylic acids is 2. The maximum atomic E-state index is 13.7. The Morgan fingerprint density at radius 2 is 1.95 bits per heavy atom. The number of fused-ring (bicyclic) bond motifs is 2. The Bertz CT molecular complexity index is 1250. The Morgan fingerprint density at radius 3 is 2.69 bits per heavy atom. The van der Waals surface area contributed by atoms with Crippen molar-refractivity contribution in [2.45, 2.75) is 60.7 Å². The summed E-state index contributed by atoms with van der Waals surface area (Å²) in [6, 6.07) is 12.5. The van der Waals surface area contributed by atoms with Gasteiger partial charge in [0.25, 0.3) is 5.91 Å². The SMILES string of the molecule is CC(C)C[C@H](NC(=O)c1ccc2c(c1)Nc1ccccc1S2)C(=O)N[C@@]1(C2CCCO2)COCCN1C(=O)O. The molecule has 2 fully saturated rings. The molecule has 3 amide bonds. The fraction of sp³-hybridized carbons (Fsp3) is 0.464. The lowest BCUT2D eigenvalue weighted by molar-refractivity contribution is -0.151. The van der Waals surface area contributed by atoms with E-state index in [2.05, 4.69) is 16.0 Å². The molecular formula is C28H34N4O6S. The summed E-state index contributed by atoms with van der Waals surface area (Å²) in [5.74, 6) is -0.758. The number of morpholine rings is 1. The van der Waals surface area contributed by atoms with Crippen molar-refractivity contribution in [1.29, 1.82) is 0 Å². The highest BCUT2D eigenvalue weighted by Gasteiger charge is 2.52. The number of benzene rings is 2. The summed E-state index contributed by atoms with van der Waals surface area (Å²) >= 11 is 1.63. The molecule has 0 aliphatic carbocycles. The summed E-state index contributed by atoms with van der Waals surface area (Å²) in [6.07, 6.45) is 0.0361. The highest BCUT2D eigenvalue weighted by atomic mass is 32.2. The molecule has 10 nitrogen and oxygen atoms in total. The van der Waals surface area contributed by atoms with Crippen LogP contribution in [-0.4, -0.2) is 72.1 Å². The smallest absolute Gasteiger partial charge is 0.409 e. The molecule has 5 rings (SSSR count). The maximum Gasteiger partial charge on any atom is 0.409 e. The van der Waals surface area contributed by atoms with Gasteiger partial charge >= 0.3 is 6.09 Å². The van der Waals surface area contributed by atoms with Crippen LogP contribution in [0.5, 0.6) is 0 Å². The van der Waals surface area contributed by atoms with Crippen LogP contribution in [0.4, 0.5) is 16.2 Å². The van der Waals surface area contributed by atoms with E-state index in [1.165, 1.54) is 4.90 Å². The van der Waals surface area contributed by atoms with Crippen molar-refractivity contribution in [3.63, 3.8) is 0 Å². The van der Waals surface area contributed by atoms with E-state index in [1.54, 1.807) is 23.9 Å². The lowest BCUT2D eigenvalue weighted by Gasteiger charge is -2.48. The molecule has 2 saturated heterocycles. The van der Waals surface area contributed by atoms with E-state index in [9.17, 15) is 19.5 Å². The average molecular weight is 555 g/mol. The molecule has 0 radical (unpaired) electrons. The highest BCUT2D eigenvalue weighted by molar-refractivity contribution is 7.99. The van der Waals surface area contributed by atoms with Crippen molar-refractivity contribution in [2.24, 2.45) is 5.92 Å². The topological polar surface area (TPSA) is 129 Å². The molecule has 11 heteroatoms. The number of nitrogens with zero attached hydrogens (tertiary/aromatic N) is 1. The number of hydrogen-bond acceptors (Lipinski definition) is 7. The van der Waals surface area contributed by atoms with E-state index in [4.69, 9.17) is 9.47 Å². The van der Waals surface area contributed by atoms with Crippen LogP contribution >= 0.6 is 11.8 Å². The summed E-state index contributed by atoms with van der Waals surface area (Å²) in [7, 11) is 0. The second-order valence-electron chi connectivity index (χ2n) is 10.5.